The Morgan fingerprint density at radius 3 is 2.35 bits per heavy atom. The van der Waals surface area contributed by atoms with E-state index in [2.05, 4.69) is 4.98 Å². The number of nitrogens with one attached hydrogen (secondary N) is 1. The molecule has 3 rings (SSSR count). The summed E-state index contributed by atoms with van der Waals surface area (Å²) in [6, 6.07) is 7.96. The quantitative estimate of drug-likeness (QED) is 0.864. The Kier molecular flexibility index (Phi) is 3.71. The largest absolute Gasteiger partial charge is 0.379 e. The number of rotatable bonds is 4. The molecule has 2 heterocycles. The van der Waals surface area contributed by atoms with E-state index in [1.807, 2.05) is 19.0 Å². The summed E-state index contributed by atoms with van der Waals surface area (Å²) in [7, 11) is 3.81. The molecule has 0 saturated heterocycles. The van der Waals surface area contributed by atoms with Crippen molar-refractivity contribution in [1.82, 2.24) is 14.9 Å². The van der Waals surface area contributed by atoms with Crippen molar-refractivity contribution < 1.29 is 19.2 Å². The van der Waals surface area contributed by atoms with Crippen molar-refractivity contribution in [1.29, 1.82) is 0 Å². The van der Waals surface area contributed by atoms with Gasteiger partial charge in [-0.05, 0) is 37.9 Å². The second-order valence-corrected chi connectivity index (χ2v) is 5.49. The Hall–Kier alpha value is -2.93. The predicted molar refractivity (Wildman–Crippen MR) is 80.5 cm³/mol. The van der Waals surface area contributed by atoms with Crippen LogP contribution in [0.2, 0.25) is 0 Å². The SMILES string of the molecule is CN(C)Cc1c[nH]c(C(=O)ON2C(=O)c3ccccc3C2=O)c1. The number of carbonyl (C=O) groups excluding carboxylic acids is 3. The highest BCUT2D eigenvalue weighted by Crippen LogP contribution is 2.23. The number of hydrogen-bond donors (Lipinski definition) is 1. The summed E-state index contributed by atoms with van der Waals surface area (Å²) in [5, 5.41) is 0.499. The van der Waals surface area contributed by atoms with E-state index >= 15 is 0 Å². The number of nitrogens with zero attached hydrogens (tertiary/aromatic N) is 2. The summed E-state index contributed by atoms with van der Waals surface area (Å²) in [6.07, 6.45) is 1.68. The van der Waals surface area contributed by atoms with Crippen LogP contribution in [-0.4, -0.2) is 46.8 Å². The molecule has 1 N–H and O–H groups in total. The number of hydroxylamine groups is 2. The van der Waals surface area contributed by atoms with Crippen molar-refractivity contribution in [2.24, 2.45) is 0 Å². The molecule has 118 valence electrons. The number of H-pyrrole nitrogens is 1. The van der Waals surface area contributed by atoms with Crippen LogP contribution in [0.1, 0.15) is 36.8 Å². The van der Waals surface area contributed by atoms with Crippen LogP contribution in [0.5, 0.6) is 0 Å². The standard InChI is InChI=1S/C16H15N3O4/c1-18(2)9-10-7-13(17-8-10)16(22)23-19-14(20)11-5-3-4-6-12(11)15(19)21/h3-8,17H,9H2,1-2H3. The van der Waals surface area contributed by atoms with Gasteiger partial charge in [-0.2, -0.15) is 0 Å². The van der Waals surface area contributed by atoms with Crippen LogP contribution in [0.25, 0.3) is 0 Å². The van der Waals surface area contributed by atoms with Gasteiger partial charge in [0.05, 0.1) is 11.1 Å². The summed E-state index contributed by atoms with van der Waals surface area (Å²) in [4.78, 5) is 46.1. The molecule has 7 nitrogen and oxygen atoms in total. The van der Waals surface area contributed by atoms with Gasteiger partial charge < -0.3 is 14.7 Å². The fourth-order valence-electron chi connectivity index (χ4n) is 2.40. The normalized spacial score (nSPS) is 13.6. The Morgan fingerprint density at radius 1 is 1.17 bits per heavy atom. The van der Waals surface area contributed by atoms with Crippen LogP contribution in [0.4, 0.5) is 0 Å². The Labute approximate surface area is 132 Å². The van der Waals surface area contributed by atoms with Gasteiger partial charge in [0, 0.05) is 12.7 Å². The van der Waals surface area contributed by atoms with Gasteiger partial charge in [0.25, 0.3) is 11.8 Å². The minimum absolute atomic E-state index is 0.179. The maximum Gasteiger partial charge on any atom is 0.379 e. The smallest absolute Gasteiger partial charge is 0.355 e. The molecule has 0 radical (unpaired) electrons. The second kappa shape index (κ2) is 5.69. The molecule has 7 heteroatoms. The van der Waals surface area contributed by atoms with Gasteiger partial charge in [-0.1, -0.05) is 17.2 Å². The summed E-state index contributed by atoms with van der Waals surface area (Å²) >= 11 is 0. The van der Waals surface area contributed by atoms with Crippen LogP contribution in [-0.2, 0) is 11.4 Å². The van der Waals surface area contributed by atoms with E-state index in [9.17, 15) is 14.4 Å². The lowest BCUT2D eigenvalue weighted by Crippen LogP contribution is -2.32. The topological polar surface area (TPSA) is 82.7 Å². The number of aromatic amines is 1. The maximum atomic E-state index is 12.1. The van der Waals surface area contributed by atoms with E-state index in [1.54, 1.807) is 24.4 Å². The van der Waals surface area contributed by atoms with Crippen LogP contribution >= 0.6 is 0 Å². The Morgan fingerprint density at radius 2 is 1.78 bits per heavy atom. The molecule has 0 unspecified atom stereocenters. The van der Waals surface area contributed by atoms with Crippen LogP contribution in [0, 0.1) is 0 Å². The van der Waals surface area contributed by atoms with Crippen molar-refractivity contribution in [3.8, 4) is 0 Å². The first-order chi connectivity index (χ1) is 11.0. The average Bonchev–Trinajstić information content (AvgIpc) is 3.06. The van der Waals surface area contributed by atoms with Crippen LogP contribution < -0.4 is 0 Å². The van der Waals surface area contributed by atoms with Gasteiger partial charge in [0.2, 0.25) is 0 Å². The summed E-state index contributed by atoms with van der Waals surface area (Å²) in [6.45, 7) is 0.650. The number of benzene rings is 1. The number of aromatic nitrogens is 1. The van der Waals surface area contributed by atoms with E-state index in [-0.39, 0.29) is 16.8 Å². The highest BCUT2D eigenvalue weighted by Gasteiger charge is 2.38. The molecular formula is C16H15N3O4. The second-order valence-electron chi connectivity index (χ2n) is 5.49. The first-order valence-corrected chi connectivity index (χ1v) is 6.99. The predicted octanol–water partition coefficient (Wildman–Crippen LogP) is 1.44. The minimum Gasteiger partial charge on any atom is -0.355 e. The lowest BCUT2D eigenvalue weighted by atomic mass is 10.1. The summed E-state index contributed by atoms with van der Waals surface area (Å²) < 4.78 is 0. The van der Waals surface area contributed by atoms with E-state index < -0.39 is 17.8 Å². The van der Waals surface area contributed by atoms with E-state index in [1.165, 1.54) is 12.1 Å². The molecule has 1 aliphatic rings. The van der Waals surface area contributed by atoms with Gasteiger partial charge in [-0.15, -0.1) is 0 Å². The first kappa shape index (κ1) is 15.0. The highest BCUT2D eigenvalue weighted by atomic mass is 16.7. The molecule has 0 fully saturated rings. The third kappa shape index (κ3) is 2.74. The monoisotopic (exact) mass is 313 g/mol. The molecular weight excluding hydrogens is 298 g/mol. The van der Waals surface area contributed by atoms with Crippen molar-refractivity contribution in [2.75, 3.05) is 14.1 Å². The summed E-state index contributed by atoms with van der Waals surface area (Å²) in [5.74, 6) is -2.07. The zero-order valence-corrected chi connectivity index (χ0v) is 12.7. The lowest BCUT2D eigenvalue weighted by Gasteiger charge is -2.11. The van der Waals surface area contributed by atoms with E-state index in [0.717, 1.165) is 5.56 Å². The van der Waals surface area contributed by atoms with E-state index in [4.69, 9.17) is 4.84 Å². The van der Waals surface area contributed by atoms with Crippen molar-refractivity contribution >= 4 is 17.8 Å². The maximum absolute atomic E-state index is 12.1. The van der Waals surface area contributed by atoms with E-state index in [0.29, 0.717) is 11.6 Å². The zero-order chi connectivity index (χ0) is 16.6. The van der Waals surface area contributed by atoms with Gasteiger partial charge in [-0.25, -0.2) is 4.79 Å². The van der Waals surface area contributed by atoms with Crippen molar-refractivity contribution in [2.45, 2.75) is 6.54 Å². The molecule has 2 aromatic rings. The molecule has 0 aliphatic carbocycles. The third-order valence-corrected chi connectivity index (χ3v) is 3.39. The van der Waals surface area contributed by atoms with Gasteiger partial charge in [0.15, 0.2) is 0 Å². The van der Waals surface area contributed by atoms with Crippen LogP contribution in [0.15, 0.2) is 36.5 Å². The van der Waals surface area contributed by atoms with Gasteiger partial charge in [0.1, 0.15) is 5.69 Å². The van der Waals surface area contributed by atoms with Gasteiger partial charge >= 0.3 is 5.97 Å². The van der Waals surface area contributed by atoms with Crippen LogP contribution in [0.3, 0.4) is 0 Å². The Balaban J connectivity index is 1.75. The molecule has 1 aliphatic heterocycles. The van der Waals surface area contributed by atoms with Crippen molar-refractivity contribution in [3.63, 3.8) is 0 Å². The molecule has 0 atom stereocenters. The highest BCUT2D eigenvalue weighted by molar-refractivity contribution is 6.21. The number of imide groups is 1. The minimum atomic E-state index is -0.787. The fraction of sp³-hybridized carbons (Fsp3) is 0.188. The fourth-order valence-corrected chi connectivity index (χ4v) is 2.40. The molecule has 0 bridgehead atoms. The molecule has 2 amide bonds. The molecule has 1 aromatic carbocycles. The lowest BCUT2D eigenvalue weighted by molar-refractivity contribution is -0.0588. The molecule has 23 heavy (non-hydrogen) atoms. The number of carbonyl (C=O) groups is 3. The molecule has 0 saturated carbocycles. The molecule has 1 aromatic heterocycles. The number of amides is 2. The average molecular weight is 313 g/mol. The Bertz CT molecular complexity index is 759. The van der Waals surface area contributed by atoms with Crippen molar-refractivity contribution in [3.05, 3.63) is 58.9 Å². The zero-order valence-electron chi connectivity index (χ0n) is 12.7. The first-order valence-electron chi connectivity index (χ1n) is 6.99. The third-order valence-electron chi connectivity index (χ3n) is 3.39. The van der Waals surface area contributed by atoms with Gasteiger partial charge in [-0.3, -0.25) is 9.59 Å². The number of hydrogen-bond acceptors (Lipinski definition) is 5. The summed E-state index contributed by atoms with van der Waals surface area (Å²) in [5.41, 5.74) is 1.53. The number of fused-ring (bicyclic) bond motifs is 1. The molecule has 0 spiro atoms.